The van der Waals surface area contributed by atoms with Gasteiger partial charge in [-0.2, -0.15) is 0 Å². The normalized spacial score (nSPS) is 14.4. The van der Waals surface area contributed by atoms with E-state index in [4.69, 9.17) is 0 Å². The van der Waals surface area contributed by atoms with Crippen LogP contribution in [0.1, 0.15) is 30.3 Å². The predicted octanol–water partition coefficient (Wildman–Crippen LogP) is 2.12. The minimum atomic E-state index is -0.290. The predicted molar refractivity (Wildman–Crippen MR) is 80.4 cm³/mol. The number of aromatic nitrogens is 3. The van der Waals surface area contributed by atoms with Crippen LogP contribution < -0.4 is 5.32 Å². The smallest absolute Gasteiger partial charge is 0.244 e. The van der Waals surface area contributed by atoms with E-state index in [1.807, 2.05) is 0 Å². The SMILES string of the molecule is O=C(C=Cc1ccc(F)cc1)NCCc1nncn1C1CC1. The van der Waals surface area contributed by atoms with Crippen LogP contribution >= 0.6 is 0 Å². The number of halogens is 1. The summed E-state index contributed by atoms with van der Waals surface area (Å²) in [5.41, 5.74) is 0.782. The largest absolute Gasteiger partial charge is 0.352 e. The summed E-state index contributed by atoms with van der Waals surface area (Å²) < 4.78 is 14.8. The molecular weight excluding hydrogens is 283 g/mol. The lowest BCUT2D eigenvalue weighted by Gasteiger charge is -2.04. The Labute approximate surface area is 127 Å². The van der Waals surface area contributed by atoms with Gasteiger partial charge in [-0.3, -0.25) is 4.79 Å². The Bertz CT molecular complexity index is 674. The van der Waals surface area contributed by atoms with Gasteiger partial charge in [0.2, 0.25) is 5.91 Å². The van der Waals surface area contributed by atoms with E-state index < -0.39 is 0 Å². The van der Waals surface area contributed by atoms with E-state index in [2.05, 4.69) is 20.1 Å². The Kier molecular flexibility index (Phi) is 4.27. The van der Waals surface area contributed by atoms with Crippen molar-refractivity contribution in [1.82, 2.24) is 20.1 Å². The molecule has 0 atom stereocenters. The number of amides is 1. The second-order valence-corrected chi connectivity index (χ2v) is 5.31. The fourth-order valence-corrected chi connectivity index (χ4v) is 2.21. The number of benzene rings is 1. The van der Waals surface area contributed by atoms with Gasteiger partial charge < -0.3 is 9.88 Å². The molecule has 1 aliphatic carbocycles. The van der Waals surface area contributed by atoms with Gasteiger partial charge in [0.15, 0.2) is 0 Å². The Balaban J connectivity index is 1.46. The van der Waals surface area contributed by atoms with E-state index in [1.165, 1.54) is 31.1 Å². The summed E-state index contributed by atoms with van der Waals surface area (Å²) in [6.45, 7) is 0.512. The lowest BCUT2D eigenvalue weighted by molar-refractivity contribution is -0.116. The zero-order chi connectivity index (χ0) is 15.4. The van der Waals surface area contributed by atoms with Gasteiger partial charge in [0.25, 0.3) is 0 Å². The molecule has 0 unspecified atom stereocenters. The van der Waals surface area contributed by atoms with Crippen molar-refractivity contribution in [3.05, 3.63) is 53.9 Å². The van der Waals surface area contributed by atoms with Gasteiger partial charge >= 0.3 is 0 Å². The number of nitrogens with zero attached hydrogens (tertiary/aromatic N) is 3. The second-order valence-electron chi connectivity index (χ2n) is 5.31. The van der Waals surface area contributed by atoms with E-state index in [0.29, 0.717) is 19.0 Å². The summed E-state index contributed by atoms with van der Waals surface area (Å²) in [6.07, 6.45) is 7.87. The number of carbonyl (C=O) groups excluding carboxylic acids is 1. The zero-order valence-corrected chi connectivity index (χ0v) is 12.1. The molecule has 0 radical (unpaired) electrons. The van der Waals surface area contributed by atoms with Crippen molar-refractivity contribution in [1.29, 1.82) is 0 Å². The molecule has 1 saturated carbocycles. The highest BCUT2D eigenvalue weighted by molar-refractivity contribution is 5.91. The van der Waals surface area contributed by atoms with Crippen LogP contribution in [-0.4, -0.2) is 27.2 Å². The Morgan fingerprint density at radius 3 is 2.86 bits per heavy atom. The van der Waals surface area contributed by atoms with Crippen LogP contribution in [0.2, 0.25) is 0 Å². The lowest BCUT2D eigenvalue weighted by atomic mass is 10.2. The average molecular weight is 300 g/mol. The molecule has 1 aromatic heterocycles. The number of rotatable bonds is 6. The van der Waals surface area contributed by atoms with E-state index in [1.54, 1.807) is 24.5 Å². The molecule has 3 rings (SSSR count). The first-order chi connectivity index (χ1) is 10.7. The van der Waals surface area contributed by atoms with E-state index in [-0.39, 0.29) is 11.7 Å². The first-order valence-corrected chi connectivity index (χ1v) is 7.32. The van der Waals surface area contributed by atoms with Crippen molar-refractivity contribution in [2.24, 2.45) is 0 Å². The summed E-state index contributed by atoms with van der Waals surface area (Å²) in [5, 5.41) is 10.8. The second kappa shape index (κ2) is 6.51. The Hall–Kier alpha value is -2.50. The molecule has 0 aliphatic heterocycles. The maximum Gasteiger partial charge on any atom is 0.244 e. The van der Waals surface area contributed by atoms with Crippen molar-refractivity contribution in [2.75, 3.05) is 6.54 Å². The van der Waals surface area contributed by atoms with Crippen molar-refractivity contribution in [3.8, 4) is 0 Å². The van der Waals surface area contributed by atoms with Crippen LogP contribution in [0.15, 0.2) is 36.7 Å². The highest BCUT2D eigenvalue weighted by Gasteiger charge is 2.25. The maximum atomic E-state index is 12.8. The number of nitrogens with one attached hydrogen (secondary N) is 1. The van der Waals surface area contributed by atoms with Crippen molar-refractivity contribution in [2.45, 2.75) is 25.3 Å². The van der Waals surface area contributed by atoms with E-state index >= 15 is 0 Å². The first kappa shape index (κ1) is 14.4. The van der Waals surface area contributed by atoms with Gasteiger partial charge in [0.05, 0.1) is 0 Å². The highest BCUT2D eigenvalue weighted by Crippen LogP contribution is 2.35. The molecule has 0 bridgehead atoms. The monoisotopic (exact) mass is 300 g/mol. The molecule has 1 aliphatic rings. The molecule has 1 fully saturated rings. The van der Waals surface area contributed by atoms with Crippen LogP contribution in [-0.2, 0) is 11.2 Å². The van der Waals surface area contributed by atoms with Crippen LogP contribution in [0.25, 0.3) is 6.08 Å². The lowest BCUT2D eigenvalue weighted by Crippen LogP contribution is -2.24. The maximum absolute atomic E-state index is 12.8. The highest BCUT2D eigenvalue weighted by atomic mass is 19.1. The van der Waals surface area contributed by atoms with Gasteiger partial charge in [-0.15, -0.1) is 10.2 Å². The van der Waals surface area contributed by atoms with Gasteiger partial charge in [-0.1, -0.05) is 12.1 Å². The van der Waals surface area contributed by atoms with Crippen molar-refractivity contribution >= 4 is 12.0 Å². The molecule has 1 amide bonds. The Morgan fingerprint density at radius 2 is 2.14 bits per heavy atom. The Morgan fingerprint density at radius 1 is 1.36 bits per heavy atom. The molecule has 5 nitrogen and oxygen atoms in total. The molecule has 1 aromatic carbocycles. The summed E-state index contributed by atoms with van der Waals surface area (Å²) >= 11 is 0. The van der Waals surface area contributed by atoms with Crippen LogP contribution in [0.4, 0.5) is 4.39 Å². The zero-order valence-electron chi connectivity index (χ0n) is 12.1. The van der Waals surface area contributed by atoms with Crippen LogP contribution in [0, 0.1) is 5.82 Å². The number of carbonyl (C=O) groups is 1. The van der Waals surface area contributed by atoms with Crippen molar-refractivity contribution < 1.29 is 9.18 Å². The molecule has 1 heterocycles. The third-order valence-electron chi connectivity index (χ3n) is 3.53. The third kappa shape index (κ3) is 3.78. The molecule has 0 saturated heterocycles. The van der Waals surface area contributed by atoms with Gasteiger partial charge in [0, 0.05) is 25.1 Å². The first-order valence-electron chi connectivity index (χ1n) is 7.32. The van der Waals surface area contributed by atoms with Gasteiger partial charge in [-0.25, -0.2) is 4.39 Å². The fraction of sp³-hybridized carbons (Fsp3) is 0.312. The molecule has 6 heteroatoms. The van der Waals surface area contributed by atoms with E-state index in [9.17, 15) is 9.18 Å². The van der Waals surface area contributed by atoms with Crippen molar-refractivity contribution in [3.63, 3.8) is 0 Å². The minimum absolute atomic E-state index is 0.179. The topological polar surface area (TPSA) is 59.8 Å². The van der Waals surface area contributed by atoms with Crippen LogP contribution in [0.5, 0.6) is 0 Å². The molecule has 1 N–H and O–H groups in total. The fourth-order valence-electron chi connectivity index (χ4n) is 2.21. The van der Waals surface area contributed by atoms with E-state index in [0.717, 1.165) is 11.4 Å². The summed E-state index contributed by atoms with van der Waals surface area (Å²) in [4.78, 5) is 11.7. The van der Waals surface area contributed by atoms with Gasteiger partial charge in [0.1, 0.15) is 18.0 Å². The standard InChI is InChI=1S/C16H17FN4O/c17-13-4-1-12(2-5-13)3-8-16(22)18-10-9-15-20-19-11-21(15)14-6-7-14/h1-5,8,11,14H,6-7,9-10H2,(H,18,22). The average Bonchev–Trinajstić information content (AvgIpc) is 3.26. The summed E-state index contributed by atoms with van der Waals surface area (Å²) in [6, 6.07) is 6.51. The summed E-state index contributed by atoms with van der Waals surface area (Å²) in [7, 11) is 0. The molecular formula is C16H17FN4O. The summed E-state index contributed by atoms with van der Waals surface area (Å²) in [5.74, 6) is 0.438. The third-order valence-corrected chi connectivity index (χ3v) is 3.53. The minimum Gasteiger partial charge on any atom is -0.352 e. The van der Waals surface area contributed by atoms with Gasteiger partial charge in [-0.05, 0) is 36.6 Å². The van der Waals surface area contributed by atoms with Crippen LogP contribution in [0.3, 0.4) is 0 Å². The number of hydrogen-bond donors (Lipinski definition) is 1. The quantitative estimate of drug-likeness (QED) is 0.831. The molecule has 2 aromatic rings. The molecule has 22 heavy (non-hydrogen) atoms. The molecule has 0 spiro atoms. The molecule has 114 valence electrons. The number of hydrogen-bond acceptors (Lipinski definition) is 3.